The van der Waals surface area contributed by atoms with Gasteiger partial charge < -0.3 is 20.1 Å². The number of carbonyl (C=O) groups is 3. The number of hydrogen-bond acceptors (Lipinski definition) is 5. The number of ether oxygens (including phenoxy) is 2. The molecule has 2 N–H and O–H groups in total. The van der Waals surface area contributed by atoms with E-state index in [1.54, 1.807) is 19.1 Å². The summed E-state index contributed by atoms with van der Waals surface area (Å²) in [6.45, 7) is 1.71. The second-order valence-electron chi connectivity index (χ2n) is 7.94. The average Bonchev–Trinajstić information content (AvgIpc) is 3.35. The minimum absolute atomic E-state index is 0.173. The summed E-state index contributed by atoms with van der Waals surface area (Å²) in [5.74, 6) is 0.384. The SMILES string of the molecule is CC1(c2cccc3ccccc23)NC(=O)N(CC(=O)NCc2ccc3c(c2)OCO3)C1=O. The Hall–Kier alpha value is -4.07. The molecule has 1 fully saturated rings. The first-order chi connectivity index (χ1) is 15.5. The van der Waals surface area contributed by atoms with E-state index in [1.165, 1.54) is 0 Å². The van der Waals surface area contributed by atoms with Crippen molar-refractivity contribution < 1.29 is 23.9 Å². The molecular weight excluding hydrogens is 410 g/mol. The number of urea groups is 1. The van der Waals surface area contributed by atoms with Crippen molar-refractivity contribution in [3.63, 3.8) is 0 Å². The van der Waals surface area contributed by atoms with E-state index in [2.05, 4.69) is 10.6 Å². The number of nitrogens with one attached hydrogen (secondary N) is 2. The van der Waals surface area contributed by atoms with Crippen LogP contribution < -0.4 is 20.1 Å². The Bertz CT molecular complexity index is 1250. The highest BCUT2D eigenvalue weighted by molar-refractivity contribution is 6.10. The molecule has 2 aliphatic heterocycles. The lowest BCUT2D eigenvalue weighted by Crippen LogP contribution is -2.43. The van der Waals surface area contributed by atoms with Gasteiger partial charge in [0.25, 0.3) is 5.91 Å². The fourth-order valence-electron chi connectivity index (χ4n) is 4.14. The van der Waals surface area contributed by atoms with Crippen LogP contribution in [0.15, 0.2) is 60.7 Å². The van der Waals surface area contributed by atoms with Crippen LogP contribution in [0.1, 0.15) is 18.1 Å². The Morgan fingerprint density at radius 1 is 1.06 bits per heavy atom. The summed E-state index contributed by atoms with van der Waals surface area (Å²) < 4.78 is 10.6. The molecule has 1 atom stereocenters. The molecule has 162 valence electrons. The van der Waals surface area contributed by atoms with Crippen molar-refractivity contribution in [2.75, 3.05) is 13.3 Å². The van der Waals surface area contributed by atoms with Crippen molar-refractivity contribution in [1.82, 2.24) is 15.5 Å². The fourth-order valence-corrected chi connectivity index (χ4v) is 4.14. The van der Waals surface area contributed by atoms with Crippen LogP contribution in [0.25, 0.3) is 10.8 Å². The minimum Gasteiger partial charge on any atom is -0.454 e. The smallest absolute Gasteiger partial charge is 0.325 e. The standard InChI is InChI=1S/C24H21N3O5/c1-24(18-8-4-6-16-5-2-3-7-17(16)18)22(29)27(23(30)26-24)13-21(28)25-12-15-9-10-19-20(11-15)32-14-31-19/h2-11H,12-14H2,1H3,(H,25,28)(H,26,30). The lowest BCUT2D eigenvalue weighted by atomic mass is 9.88. The normalized spacial score (nSPS) is 19.3. The van der Waals surface area contributed by atoms with Gasteiger partial charge in [-0.15, -0.1) is 0 Å². The van der Waals surface area contributed by atoms with E-state index in [-0.39, 0.29) is 19.9 Å². The summed E-state index contributed by atoms with van der Waals surface area (Å²) in [7, 11) is 0. The van der Waals surface area contributed by atoms with Gasteiger partial charge in [-0.25, -0.2) is 4.79 Å². The molecule has 32 heavy (non-hydrogen) atoms. The number of amides is 4. The molecule has 8 nitrogen and oxygen atoms in total. The third-order valence-corrected chi connectivity index (χ3v) is 5.83. The van der Waals surface area contributed by atoms with E-state index in [1.807, 2.05) is 48.5 Å². The first-order valence-electron chi connectivity index (χ1n) is 10.2. The molecule has 0 aliphatic carbocycles. The quantitative estimate of drug-likeness (QED) is 0.606. The Balaban J connectivity index is 1.30. The highest BCUT2D eigenvalue weighted by Gasteiger charge is 2.50. The Kier molecular flexibility index (Phi) is 4.70. The van der Waals surface area contributed by atoms with Gasteiger partial charge >= 0.3 is 6.03 Å². The van der Waals surface area contributed by atoms with Crippen molar-refractivity contribution in [2.45, 2.75) is 19.0 Å². The van der Waals surface area contributed by atoms with E-state index in [0.717, 1.165) is 21.2 Å². The summed E-state index contributed by atoms with van der Waals surface area (Å²) in [6, 6.07) is 18.1. The summed E-state index contributed by atoms with van der Waals surface area (Å²) in [6.07, 6.45) is 0. The molecule has 0 aromatic heterocycles. The monoisotopic (exact) mass is 431 g/mol. The van der Waals surface area contributed by atoms with Gasteiger partial charge in [0.1, 0.15) is 12.1 Å². The summed E-state index contributed by atoms with van der Waals surface area (Å²) in [5.41, 5.74) is 0.257. The molecule has 0 spiro atoms. The maximum absolute atomic E-state index is 13.3. The number of benzene rings is 3. The van der Waals surface area contributed by atoms with E-state index in [9.17, 15) is 14.4 Å². The fraction of sp³-hybridized carbons (Fsp3) is 0.208. The first-order valence-corrected chi connectivity index (χ1v) is 10.2. The molecule has 8 heteroatoms. The predicted octanol–water partition coefficient (Wildman–Crippen LogP) is 2.65. The summed E-state index contributed by atoms with van der Waals surface area (Å²) in [5, 5.41) is 7.36. The molecule has 1 saturated heterocycles. The van der Waals surface area contributed by atoms with Gasteiger partial charge in [0.15, 0.2) is 11.5 Å². The zero-order chi connectivity index (χ0) is 22.3. The second kappa shape index (κ2) is 7.56. The number of hydrogen-bond donors (Lipinski definition) is 2. The van der Waals surface area contributed by atoms with E-state index in [0.29, 0.717) is 17.1 Å². The summed E-state index contributed by atoms with van der Waals surface area (Å²) >= 11 is 0. The maximum Gasteiger partial charge on any atom is 0.325 e. The zero-order valence-corrected chi connectivity index (χ0v) is 17.4. The number of rotatable bonds is 5. The minimum atomic E-state index is -1.25. The molecule has 5 rings (SSSR count). The van der Waals surface area contributed by atoms with Gasteiger partial charge in [0.05, 0.1) is 0 Å². The number of nitrogens with zero attached hydrogens (tertiary/aromatic N) is 1. The van der Waals surface area contributed by atoms with E-state index in [4.69, 9.17) is 9.47 Å². The van der Waals surface area contributed by atoms with Crippen molar-refractivity contribution >= 4 is 28.6 Å². The third-order valence-electron chi connectivity index (χ3n) is 5.83. The lowest BCUT2D eigenvalue weighted by molar-refractivity contribution is -0.134. The Morgan fingerprint density at radius 2 is 1.84 bits per heavy atom. The predicted molar refractivity (Wildman–Crippen MR) is 116 cm³/mol. The number of imide groups is 1. The van der Waals surface area contributed by atoms with Crippen molar-refractivity contribution in [3.8, 4) is 11.5 Å². The van der Waals surface area contributed by atoms with Crippen LogP contribution in [0.2, 0.25) is 0 Å². The van der Waals surface area contributed by atoms with E-state index >= 15 is 0 Å². The van der Waals surface area contributed by atoms with Crippen molar-refractivity contribution in [2.24, 2.45) is 0 Å². The average molecular weight is 431 g/mol. The molecule has 2 aliphatic rings. The molecule has 0 radical (unpaired) electrons. The molecule has 2 heterocycles. The highest BCUT2D eigenvalue weighted by atomic mass is 16.7. The van der Waals surface area contributed by atoms with Crippen molar-refractivity contribution in [3.05, 3.63) is 71.8 Å². The van der Waals surface area contributed by atoms with Crippen LogP contribution in [-0.2, 0) is 21.7 Å². The van der Waals surface area contributed by atoms with Gasteiger partial charge in [-0.05, 0) is 41.0 Å². The van der Waals surface area contributed by atoms with Crippen LogP contribution in [0.4, 0.5) is 4.79 Å². The van der Waals surface area contributed by atoms with Gasteiger partial charge in [-0.1, -0.05) is 48.5 Å². The highest BCUT2D eigenvalue weighted by Crippen LogP contribution is 2.34. The number of fused-ring (bicyclic) bond motifs is 2. The second-order valence-corrected chi connectivity index (χ2v) is 7.94. The first kappa shape index (κ1) is 19.9. The Morgan fingerprint density at radius 3 is 2.72 bits per heavy atom. The molecule has 0 saturated carbocycles. The molecular formula is C24H21N3O5. The zero-order valence-electron chi connectivity index (χ0n) is 17.4. The van der Waals surface area contributed by atoms with Crippen LogP contribution in [0.3, 0.4) is 0 Å². The molecule has 1 unspecified atom stereocenters. The third kappa shape index (κ3) is 3.30. The summed E-state index contributed by atoms with van der Waals surface area (Å²) in [4.78, 5) is 39.4. The molecule has 3 aromatic carbocycles. The molecule has 0 bridgehead atoms. The van der Waals surface area contributed by atoms with E-state index < -0.39 is 23.4 Å². The Labute approximate surface area is 184 Å². The van der Waals surface area contributed by atoms with Gasteiger partial charge in [-0.3, -0.25) is 14.5 Å². The van der Waals surface area contributed by atoms with Crippen LogP contribution in [0, 0.1) is 0 Å². The van der Waals surface area contributed by atoms with Crippen LogP contribution in [0.5, 0.6) is 11.5 Å². The maximum atomic E-state index is 13.3. The molecule has 3 aromatic rings. The van der Waals surface area contributed by atoms with Crippen molar-refractivity contribution in [1.29, 1.82) is 0 Å². The van der Waals surface area contributed by atoms with Gasteiger partial charge in [-0.2, -0.15) is 0 Å². The number of carbonyl (C=O) groups excluding carboxylic acids is 3. The van der Waals surface area contributed by atoms with Crippen LogP contribution >= 0.6 is 0 Å². The molecule has 4 amide bonds. The lowest BCUT2D eigenvalue weighted by Gasteiger charge is -2.24. The van der Waals surface area contributed by atoms with Crippen LogP contribution in [-0.4, -0.2) is 36.1 Å². The largest absolute Gasteiger partial charge is 0.454 e. The topological polar surface area (TPSA) is 97.0 Å². The van der Waals surface area contributed by atoms with Gasteiger partial charge in [0.2, 0.25) is 12.7 Å². The van der Waals surface area contributed by atoms with Gasteiger partial charge in [0, 0.05) is 6.54 Å².